The number of Topliss-reactive ketones (excluding diaryl/α,β-unsaturated/α-hetero) is 1. The van der Waals surface area contributed by atoms with E-state index in [-0.39, 0.29) is 17.0 Å². The van der Waals surface area contributed by atoms with Crippen molar-refractivity contribution in [2.75, 3.05) is 0 Å². The molecule has 0 fully saturated rings. The van der Waals surface area contributed by atoms with Gasteiger partial charge in [-0.2, -0.15) is 0 Å². The summed E-state index contributed by atoms with van der Waals surface area (Å²) in [5.41, 5.74) is -0.946. The smallest absolute Gasteiger partial charge is 0.152 e. The summed E-state index contributed by atoms with van der Waals surface area (Å²) in [5, 5.41) is 0. The van der Waals surface area contributed by atoms with Crippen LogP contribution in [0.3, 0.4) is 0 Å². The molecule has 1 aliphatic carbocycles. The van der Waals surface area contributed by atoms with Gasteiger partial charge in [0.15, 0.2) is 11.6 Å². The highest BCUT2D eigenvalue weighted by atomic mass is 16.1. The highest BCUT2D eigenvalue weighted by Gasteiger charge is 2.40. The van der Waals surface area contributed by atoms with E-state index in [2.05, 4.69) is 0 Å². The summed E-state index contributed by atoms with van der Waals surface area (Å²) >= 11 is 0. The van der Waals surface area contributed by atoms with Gasteiger partial charge in [0.1, 0.15) is 0 Å². The van der Waals surface area contributed by atoms with Gasteiger partial charge in [-0.05, 0) is 26.3 Å². The average Bonchev–Trinajstić information content (AvgIpc) is 2.11. The molecule has 0 aromatic rings. The molecular formula is C13H18O2. The van der Waals surface area contributed by atoms with Gasteiger partial charge in [-0.3, -0.25) is 9.59 Å². The largest absolute Gasteiger partial charge is 0.298 e. The van der Waals surface area contributed by atoms with Crippen molar-refractivity contribution in [1.82, 2.24) is 0 Å². The molecule has 2 nitrogen and oxygen atoms in total. The molecule has 0 aliphatic heterocycles. The van der Waals surface area contributed by atoms with E-state index in [1.165, 1.54) is 13.0 Å². The average molecular weight is 206 g/mol. The Morgan fingerprint density at radius 1 is 1.40 bits per heavy atom. The minimum Gasteiger partial charge on any atom is -0.298 e. The Morgan fingerprint density at radius 3 is 2.53 bits per heavy atom. The van der Waals surface area contributed by atoms with Crippen molar-refractivity contribution in [3.05, 3.63) is 24.3 Å². The van der Waals surface area contributed by atoms with Crippen LogP contribution in [0.5, 0.6) is 0 Å². The minimum atomic E-state index is -0.618. The second kappa shape index (κ2) is 3.76. The molecule has 1 unspecified atom stereocenters. The summed E-state index contributed by atoms with van der Waals surface area (Å²) in [4.78, 5) is 23.0. The zero-order valence-corrected chi connectivity index (χ0v) is 9.83. The zero-order valence-electron chi connectivity index (χ0n) is 9.83. The van der Waals surface area contributed by atoms with Crippen LogP contribution in [-0.2, 0) is 9.59 Å². The normalized spacial score (nSPS) is 29.7. The standard InChI is InChI=1S/C13H18O2/c1-10(14)6-9-13(4)8-5-7-12(2,3)11(13)15/h5-6,8-9H,7H2,1-4H3/b9-6+. The lowest BCUT2D eigenvalue weighted by Crippen LogP contribution is -2.38. The number of ketones is 2. The van der Waals surface area contributed by atoms with Gasteiger partial charge in [-0.25, -0.2) is 0 Å². The predicted molar refractivity (Wildman–Crippen MR) is 60.5 cm³/mol. The van der Waals surface area contributed by atoms with Crippen molar-refractivity contribution in [3.8, 4) is 0 Å². The molecule has 0 N–H and O–H groups in total. The molecule has 0 saturated carbocycles. The van der Waals surface area contributed by atoms with E-state index in [0.29, 0.717) is 0 Å². The molecule has 0 spiro atoms. The maximum atomic E-state index is 12.2. The molecule has 2 heteroatoms. The van der Waals surface area contributed by atoms with Crippen molar-refractivity contribution in [2.45, 2.75) is 34.1 Å². The van der Waals surface area contributed by atoms with E-state index in [4.69, 9.17) is 0 Å². The summed E-state index contributed by atoms with van der Waals surface area (Å²) in [7, 11) is 0. The highest BCUT2D eigenvalue weighted by molar-refractivity contribution is 5.96. The van der Waals surface area contributed by atoms with Crippen LogP contribution in [0, 0.1) is 10.8 Å². The Balaban J connectivity index is 3.03. The van der Waals surface area contributed by atoms with Crippen molar-refractivity contribution < 1.29 is 9.59 Å². The third-order valence-electron chi connectivity index (χ3n) is 2.86. The third kappa shape index (κ3) is 2.44. The van der Waals surface area contributed by atoms with Crippen LogP contribution >= 0.6 is 0 Å². The molecule has 0 radical (unpaired) electrons. The van der Waals surface area contributed by atoms with E-state index in [1.54, 1.807) is 6.08 Å². The van der Waals surface area contributed by atoms with Gasteiger partial charge in [0.05, 0.1) is 5.41 Å². The van der Waals surface area contributed by atoms with Gasteiger partial charge in [0.25, 0.3) is 0 Å². The molecule has 0 aromatic heterocycles. The first-order valence-corrected chi connectivity index (χ1v) is 5.20. The summed E-state index contributed by atoms with van der Waals surface area (Å²) in [6.07, 6.45) is 7.86. The Kier molecular flexibility index (Phi) is 2.98. The van der Waals surface area contributed by atoms with Gasteiger partial charge < -0.3 is 0 Å². The van der Waals surface area contributed by atoms with Crippen LogP contribution in [0.4, 0.5) is 0 Å². The number of rotatable bonds is 2. The van der Waals surface area contributed by atoms with Gasteiger partial charge in [-0.15, -0.1) is 0 Å². The van der Waals surface area contributed by atoms with E-state index in [0.717, 1.165) is 6.42 Å². The molecule has 0 amide bonds. The monoisotopic (exact) mass is 206 g/mol. The van der Waals surface area contributed by atoms with Crippen molar-refractivity contribution in [2.24, 2.45) is 10.8 Å². The molecule has 1 aliphatic rings. The molecule has 1 atom stereocenters. The molecule has 0 bridgehead atoms. The fourth-order valence-electron chi connectivity index (χ4n) is 1.92. The maximum absolute atomic E-state index is 12.2. The Hall–Kier alpha value is -1.18. The summed E-state index contributed by atoms with van der Waals surface area (Å²) in [6.45, 7) is 7.23. The Bertz CT molecular complexity index is 348. The molecule has 0 heterocycles. The predicted octanol–water partition coefficient (Wildman–Crippen LogP) is 2.69. The highest BCUT2D eigenvalue weighted by Crippen LogP contribution is 2.39. The van der Waals surface area contributed by atoms with Crippen molar-refractivity contribution in [3.63, 3.8) is 0 Å². The Morgan fingerprint density at radius 2 is 2.00 bits per heavy atom. The Labute approximate surface area is 91.1 Å². The van der Waals surface area contributed by atoms with Gasteiger partial charge in [0.2, 0.25) is 0 Å². The molecule has 82 valence electrons. The fourth-order valence-corrected chi connectivity index (χ4v) is 1.92. The van der Waals surface area contributed by atoms with Gasteiger partial charge in [0, 0.05) is 5.41 Å². The van der Waals surface area contributed by atoms with E-state index >= 15 is 0 Å². The topological polar surface area (TPSA) is 34.1 Å². The van der Waals surface area contributed by atoms with Gasteiger partial charge >= 0.3 is 0 Å². The molecule has 0 saturated heterocycles. The number of allylic oxidation sites excluding steroid dienone is 4. The van der Waals surface area contributed by atoms with E-state index in [9.17, 15) is 9.59 Å². The maximum Gasteiger partial charge on any atom is 0.152 e. The number of carbonyl (C=O) groups excluding carboxylic acids is 2. The van der Waals surface area contributed by atoms with Crippen LogP contribution in [0.2, 0.25) is 0 Å². The second-order valence-electron chi connectivity index (χ2n) is 5.05. The van der Waals surface area contributed by atoms with E-state index in [1.807, 2.05) is 32.9 Å². The number of hydrogen-bond donors (Lipinski definition) is 0. The third-order valence-corrected chi connectivity index (χ3v) is 2.86. The quantitative estimate of drug-likeness (QED) is 0.514. The molecule has 1 rings (SSSR count). The number of carbonyl (C=O) groups is 2. The first-order valence-electron chi connectivity index (χ1n) is 5.20. The summed E-state index contributed by atoms with van der Waals surface area (Å²) in [6, 6.07) is 0. The fraction of sp³-hybridized carbons (Fsp3) is 0.538. The summed E-state index contributed by atoms with van der Waals surface area (Å²) < 4.78 is 0. The molecule has 0 aromatic carbocycles. The number of hydrogen-bond acceptors (Lipinski definition) is 2. The van der Waals surface area contributed by atoms with Gasteiger partial charge in [-0.1, -0.05) is 32.1 Å². The molecule has 15 heavy (non-hydrogen) atoms. The second-order valence-corrected chi connectivity index (χ2v) is 5.05. The van der Waals surface area contributed by atoms with Crippen molar-refractivity contribution in [1.29, 1.82) is 0 Å². The van der Waals surface area contributed by atoms with Crippen LogP contribution in [0.25, 0.3) is 0 Å². The van der Waals surface area contributed by atoms with Crippen LogP contribution in [0.15, 0.2) is 24.3 Å². The SMILES string of the molecule is CC(=O)/C=C/C1(C)C=CCC(C)(C)C1=O. The van der Waals surface area contributed by atoms with E-state index < -0.39 is 5.41 Å². The van der Waals surface area contributed by atoms with Crippen LogP contribution in [-0.4, -0.2) is 11.6 Å². The lowest BCUT2D eigenvalue weighted by molar-refractivity contribution is -0.132. The summed E-state index contributed by atoms with van der Waals surface area (Å²) in [5.74, 6) is 0.149. The molecular weight excluding hydrogens is 188 g/mol. The lowest BCUT2D eigenvalue weighted by atomic mass is 9.67. The van der Waals surface area contributed by atoms with Crippen LogP contribution in [0.1, 0.15) is 34.1 Å². The van der Waals surface area contributed by atoms with Crippen molar-refractivity contribution >= 4 is 11.6 Å². The zero-order chi connectivity index (χ0) is 11.7. The first-order chi connectivity index (χ1) is 6.78. The van der Waals surface area contributed by atoms with Crippen LogP contribution < -0.4 is 0 Å². The minimum absolute atomic E-state index is 0.0270. The lowest BCUT2D eigenvalue weighted by Gasteiger charge is -2.35. The first kappa shape index (κ1) is 11.9.